The van der Waals surface area contributed by atoms with Crippen molar-refractivity contribution < 1.29 is 0 Å². The molecule has 1 saturated carbocycles. The van der Waals surface area contributed by atoms with Gasteiger partial charge in [-0.3, -0.25) is 14.5 Å². The van der Waals surface area contributed by atoms with Crippen molar-refractivity contribution in [3.05, 3.63) is 55.0 Å². The minimum absolute atomic E-state index is 0.316. The molecule has 1 aliphatic carbocycles. The van der Waals surface area contributed by atoms with Gasteiger partial charge in [0.1, 0.15) is 5.69 Å². The number of fused-ring (bicyclic) bond motifs is 1. The maximum atomic E-state index is 6.34. The zero-order valence-electron chi connectivity index (χ0n) is 16.3. The molecule has 0 bridgehead atoms. The van der Waals surface area contributed by atoms with Crippen LogP contribution in [0.2, 0.25) is 0 Å². The summed E-state index contributed by atoms with van der Waals surface area (Å²) in [4.78, 5) is 4.90. The second-order valence-electron chi connectivity index (χ2n) is 7.78. The summed E-state index contributed by atoms with van der Waals surface area (Å²) in [5.41, 5.74) is 11.7. The number of nitrogens with zero attached hydrogens (tertiary/aromatic N) is 8. The Morgan fingerprint density at radius 2 is 2.00 bits per heavy atom. The van der Waals surface area contributed by atoms with Crippen LogP contribution < -0.4 is 5.73 Å². The van der Waals surface area contributed by atoms with Crippen LogP contribution >= 0.6 is 0 Å². The van der Waals surface area contributed by atoms with Gasteiger partial charge in [-0.25, -0.2) is 9.50 Å². The molecule has 0 radical (unpaired) electrons. The number of nitrogens with one attached hydrogen (secondary N) is 1. The Kier molecular flexibility index (Phi) is 3.55. The molecule has 0 spiro atoms. The number of hydrogen-bond donors (Lipinski definition) is 2. The lowest BCUT2D eigenvalue weighted by Crippen LogP contribution is -2.26. The van der Waals surface area contributed by atoms with Crippen LogP contribution in [0.25, 0.3) is 28.0 Å². The van der Waals surface area contributed by atoms with Gasteiger partial charge in [0.15, 0.2) is 5.82 Å². The first-order valence-corrected chi connectivity index (χ1v) is 9.83. The van der Waals surface area contributed by atoms with Crippen molar-refractivity contribution in [3.63, 3.8) is 0 Å². The van der Waals surface area contributed by atoms with Crippen molar-refractivity contribution in [2.45, 2.75) is 24.8 Å². The van der Waals surface area contributed by atoms with Gasteiger partial charge in [-0.15, -0.1) is 0 Å². The van der Waals surface area contributed by atoms with Crippen LogP contribution in [0.4, 0.5) is 5.82 Å². The summed E-state index contributed by atoms with van der Waals surface area (Å²) in [7, 11) is 1.88. The molecule has 5 heterocycles. The second kappa shape index (κ2) is 6.28. The Morgan fingerprint density at radius 1 is 1.10 bits per heavy atom. The summed E-state index contributed by atoms with van der Waals surface area (Å²) in [6, 6.07) is 4.29. The molecule has 0 atom stereocenters. The molecule has 1 aliphatic rings. The van der Waals surface area contributed by atoms with E-state index in [1.807, 2.05) is 47.0 Å². The predicted molar refractivity (Wildman–Crippen MR) is 110 cm³/mol. The number of anilines is 1. The average Bonchev–Trinajstić information content (AvgIpc) is 3.47. The van der Waals surface area contributed by atoms with Crippen LogP contribution in [0, 0.1) is 0 Å². The van der Waals surface area contributed by atoms with Crippen LogP contribution in [-0.4, -0.2) is 44.4 Å². The predicted octanol–water partition coefficient (Wildman–Crippen LogP) is 2.42. The van der Waals surface area contributed by atoms with E-state index in [2.05, 4.69) is 25.5 Å². The lowest BCUT2D eigenvalue weighted by molar-refractivity contribution is 0.242. The molecular formula is C20H20N10. The molecule has 0 amide bonds. The molecule has 5 aromatic rings. The smallest absolute Gasteiger partial charge is 0.155 e. The summed E-state index contributed by atoms with van der Waals surface area (Å²) < 4.78 is 5.55. The van der Waals surface area contributed by atoms with Crippen molar-refractivity contribution in [2.24, 2.45) is 7.05 Å². The Hall–Kier alpha value is -3.95. The molecule has 5 aromatic heterocycles. The summed E-state index contributed by atoms with van der Waals surface area (Å²) in [5, 5.41) is 20.4. The Balaban J connectivity index is 1.37. The second-order valence-corrected chi connectivity index (χ2v) is 7.78. The first-order chi connectivity index (χ1) is 14.7. The summed E-state index contributed by atoms with van der Waals surface area (Å²) in [6.07, 6.45) is 13.2. The molecule has 10 heteroatoms. The fourth-order valence-corrected chi connectivity index (χ4v) is 4.14. The largest absolute Gasteiger partial charge is 0.382 e. The van der Waals surface area contributed by atoms with Gasteiger partial charge in [0, 0.05) is 42.8 Å². The number of rotatable bonds is 4. The van der Waals surface area contributed by atoms with Gasteiger partial charge < -0.3 is 5.73 Å². The number of nitrogen functional groups attached to an aromatic ring is 1. The molecule has 0 aromatic carbocycles. The molecule has 10 nitrogen and oxygen atoms in total. The van der Waals surface area contributed by atoms with Gasteiger partial charge in [-0.2, -0.15) is 20.4 Å². The molecule has 1 fully saturated rings. The van der Waals surface area contributed by atoms with Crippen LogP contribution in [0.15, 0.2) is 49.3 Å². The summed E-state index contributed by atoms with van der Waals surface area (Å²) in [6.45, 7) is 0. The van der Waals surface area contributed by atoms with Crippen molar-refractivity contribution in [3.8, 4) is 22.5 Å². The van der Waals surface area contributed by atoms with Gasteiger partial charge in [-0.1, -0.05) is 0 Å². The maximum absolute atomic E-state index is 6.34. The van der Waals surface area contributed by atoms with Crippen LogP contribution in [0.5, 0.6) is 0 Å². The lowest BCUT2D eigenvalue weighted by atomic mass is 9.78. The highest BCUT2D eigenvalue weighted by Crippen LogP contribution is 2.44. The van der Waals surface area contributed by atoms with E-state index in [-0.39, 0.29) is 0 Å². The highest BCUT2D eigenvalue weighted by Gasteiger charge is 2.33. The summed E-state index contributed by atoms with van der Waals surface area (Å²) >= 11 is 0. The van der Waals surface area contributed by atoms with Gasteiger partial charge in [0.25, 0.3) is 0 Å². The zero-order valence-corrected chi connectivity index (χ0v) is 16.3. The maximum Gasteiger partial charge on any atom is 0.155 e. The van der Waals surface area contributed by atoms with Crippen LogP contribution in [-0.2, 0) is 7.05 Å². The van der Waals surface area contributed by atoms with Crippen LogP contribution in [0.3, 0.4) is 0 Å². The fourth-order valence-electron chi connectivity index (χ4n) is 4.14. The van der Waals surface area contributed by atoms with Crippen molar-refractivity contribution in [1.29, 1.82) is 0 Å². The van der Waals surface area contributed by atoms with E-state index in [1.165, 1.54) is 5.69 Å². The third-order valence-electron chi connectivity index (χ3n) is 5.86. The molecule has 30 heavy (non-hydrogen) atoms. The monoisotopic (exact) mass is 400 g/mol. The molecular weight excluding hydrogens is 380 g/mol. The Morgan fingerprint density at radius 3 is 2.77 bits per heavy atom. The highest BCUT2D eigenvalue weighted by molar-refractivity contribution is 5.83. The average molecular weight is 400 g/mol. The molecule has 0 aliphatic heterocycles. The van der Waals surface area contributed by atoms with Crippen molar-refractivity contribution in [1.82, 2.24) is 44.4 Å². The number of hydrogen-bond acceptors (Lipinski definition) is 6. The van der Waals surface area contributed by atoms with Crippen LogP contribution in [0.1, 0.15) is 30.5 Å². The normalized spacial score (nSPS) is 18.7. The number of aryl methyl sites for hydroxylation is 1. The molecule has 0 unspecified atom stereocenters. The van der Waals surface area contributed by atoms with E-state index in [0.717, 1.165) is 40.9 Å². The first kappa shape index (κ1) is 17.0. The van der Waals surface area contributed by atoms with E-state index in [0.29, 0.717) is 17.8 Å². The first-order valence-electron chi connectivity index (χ1n) is 9.83. The lowest BCUT2D eigenvalue weighted by Gasteiger charge is -2.34. The van der Waals surface area contributed by atoms with E-state index in [4.69, 9.17) is 10.7 Å². The Labute approximate surface area is 171 Å². The van der Waals surface area contributed by atoms with Crippen molar-refractivity contribution >= 4 is 11.3 Å². The van der Waals surface area contributed by atoms with Crippen molar-refractivity contribution in [2.75, 3.05) is 5.73 Å². The molecule has 3 N–H and O–H groups in total. The highest BCUT2D eigenvalue weighted by atomic mass is 15.3. The third kappa shape index (κ3) is 2.60. The fraction of sp³-hybridized carbons (Fsp3) is 0.250. The quantitative estimate of drug-likeness (QED) is 0.478. The van der Waals surface area contributed by atoms with Gasteiger partial charge in [0.05, 0.1) is 41.4 Å². The topological polar surface area (TPSA) is 121 Å². The van der Waals surface area contributed by atoms with E-state index in [1.54, 1.807) is 23.3 Å². The number of aromatic amines is 1. The SMILES string of the molecule is Cn1cc(-c2cn3nccc3c(-c3cn([C@H]4C[C@H](c5ccn[nH]5)C4)nc3N)n2)cn1. The minimum Gasteiger partial charge on any atom is -0.382 e. The van der Waals surface area contributed by atoms with E-state index in [9.17, 15) is 0 Å². The Bertz CT molecular complexity index is 1330. The standard InChI is InChI=1S/C20H20N10/c1-28-9-13(8-24-28)17-11-30-18(3-5-23-30)19(25-17)15-10-29(27-20(15)21)14-6-12(7-14)16-2-4-22-26-16/h2-5,8-12,14H,6-7H2,1H3,(H2,21,27)(H,22,26)/t12-,14-. The van der Waals surface area contributed by atoms with Gasteiger partial charge in [0.2, 0.25) is 0 Å². The summed E-state index contributed by atoms with van der Waals surface area (Å²) in [5.74, 6) is 0.957. The molecule has 150 valence electrons. The van der Waals surface area contributed by atoms with Gasteiger partial charge in [-0.05, 0) is 25.0 Å². The number of aromatic nitrogens is 9. The third-order valence-corrected chi connectivity index (χ3v) is 5.86. The van der Waals surface area contributed by atoms with E-state index >= 15 is 0 Å². The van der Waals surface area contributed by atoms with E-state index < -0.39 is 0 Å². The number of nitrogens with two attached hydrogens (primary N) is 1. The molecule has 0 saturated heterocycles. The zero-order chi connectivity index (χ0) is 20.2. The van der Waals surface area contributed by atoms with Gasteiger partial charge >= 0.3 is 0 Å². The molecule has 6 rings (SSSR count). The minimum atomic E-state index is 0.316. The number of H-pyrrole nitrogens is 1.